The van der Waals surface area contributed by atoms with E-state index in [-0.39, 0.29) is 10.2 Å². The summed E-state index contributed by atoms with van der Waals surface area (Å²) in [5.41, 5.74) is 5.12. The molecule has 1 heterocycles. The highest BCUT2D eigenvalue weighted by Gasteiger charge is 2.32. The van der Waals surface area contributed by atoms with Crippen molar-refractivity contribution in [3.63, 3.8) is 0 Å². The number of nitrogen functional groups attached to an aromatic ring is 1. The summed E-state index contributed by atoms with van der Waals surface area (Å²) in [5, 5.41) is -0.348. The van der Waals surface area contributed by atoms with Gasteiger partial charge in [0.25, 0.3) is 0 Å². The first-order valence-electron chi connectivity index (χ1n) is 3.17. The van der Waals surface area contributed by atoms with Crippen LogP contribution in [0.4, 0.5) is 19.0 Å². The average Bonchev–Trinajstić information content (AvgIpc) is 1.97. The summed E-state index contributed by atoms with van der Waals surface area (Å²) in [5.74, 6) is -1.15. The number of rotatable bonds is 1. The zero-order valence-electron chi connectivity index (χ0n) is 6.40. The Balaban J connectivity index is 3.04. The lowest BCUT2D eigenvalue weighted by atomic mass is 10.4. The molecule has 0 saturated heterocycles. The molecular weight excluding hydrogens is 244 g/mol. The number of ether oxygens (including phenoxy) is 1. The van der Waals surface area contributed by atoms with Crippen LogP contribution in [0, 0.1) is 0 Å². The number of nitrogens with zero attached hydrogens (tertiary/aromatic N) is 1. The molecule has 0 aliphatic heterocycles. The number of aromatic nitrogens is 1. The van der Waals surface area contributed by atoms with E-state index in [1.54, 1.807) is 0 Å². The van der Waals surface area contributed by atoms with E-state index in [1.165, 1.54) is 0 Å². The van der Waals surface area contributed by atoms with E-state index in [9.17, 15) is 13.2 Å². The van der Waals surface area contributed by atoms with Gasteiger partial charge in [-0.3, -0.25) is 0 Å². The third kappa shape index (κ3) is 2.81. The van der Waals surface area contributed by atoms with Crippen molar-refractivity contribution in [2.24, 2.45) is 0 Å². The normalized spacial score (nSPS) is 11.5. The van der Waals surface area contributed by atoms with Crippen molar-refractivity contribution in [2.75, 3.05) is 5.73 Å². The number of anilines is 1. The molecule has 0 aromatic carbocycles. The molecule has 1 rings (SSSR count). The van der Waals surface area contributed by atoms with Crippen LogP contribution in [-0.4, -0.2) is 11.3 Å². The number of pyridine rings is 1. The highest BCUT2D eigenvalue weighted by atomic mass is 35.5. The molecule has 1 aromatic rings. The summed E-state index contributed by atoms with van der Waals surface area (Å²) in [6, 6.07) is 0.847. The molecule has 0 radical (unpaired) electrons. The first-order chi connectivity index (χ1) is 6.29. The zero-order valence-corrected chi connectivity index (χ0v) is 7.91. The minimum absolute atomic E-state index is 0.167. The van der Waals surface area contributed by atoms with Gasteiger partial charge in [-0.25, -0.2) is 4.98 Å². The molecule has 0 atom stereocenters. The van der Waals surface area contributed by atoms with Gasteiger partial charge in [0, 0.05) is 6.07 Å². The molecule has 78 valence electrons. The number of hydrogen-bond donors (Lipinski definition) is 1. The van der Waals surface area contributed by atoms with Crippen molar-refractivity contribution in [3.05, 3.63) is 16.2 Å². The predicted octanol–water partition coefficient (Wildman–Crippen LogP) is 2.87. The van der Waals surface area contributed by atoms with Gasteiger partial charge in [-0.2, -0.15) is 0 Å². The molecular formula is C6H3Cl2F3N2O. The number of hydrogen-bond acceptors (Lipinski definition) is 3. The fourth-order valence-electron chi connectivity index (χ4n) is 0.669. The van der Waals surface area contributed by atoms with Crippen molar-refractivity contribution < 1.29 is 17.9 Å². The summed E-state index contributed by atoms with van der Waals surface area (Å²) in [4.78, 5) is 3.34. The van der Waals surface area contributed by atoms with E-state index in [0.717, 1.165) is 6.07 Å². The summed E-state index contributed by atoms with van der Waals surface area (Å²) < 4.78 is 38.9. The first kappa shape index (κ1) is 11.2. The Morgan fingerprint density at radius 1 is 1.36 bits per heavy atom. The van der Waals surface area contributed by atoms with Gasteiger partial charge in [0.2, 0.25) is 0 Å². The Bertz CT molecular complexity index is 356. The van der Waals surface area contributed by atoms with E-state index in [0.29, 0.717) is 0 Å². The summed E-state index contributed by atoms with van der Waals surface area (Å²) in [6.07, 6.45) is -4.84. The van der Waals surface area contributed by atoms with Gasteiger partial charge in [-0.05, 0) is 0 Å². The molecule has 1 aromatic heterocycles. The number of alkyl halides is 3. The third-order valence-corrected chi connectivity index (χ3v) is 1.82. The van der Waals surface area contributed by atoms with Gasteiger partial charge in [0.05, 0.1) is 5.02 Å². The lowest BCUT2D eigenvalue weighted by Gasteiger charge is -2.10. The largest absolute Gasteiger partial charge is 0.573 e. The molecule has 0 aliphatic carbocycles. The first-order valence-corrected chi connectivity index (χ1v) is 3.92. The van der Waals surface area contributed by atoms with Crippen LogP contribution in [0.25, 0.3) is 0 Å². The maximum absolute atomic E-state index is 11.8. The van der Waals surface area contributed by atoms with Gasteiger partial charge in [0.15, 0.2) is 11.6 Å². The highest BCUT2D eigenvalue weighted by molar-refractivity contribution is 6.41. The Hall–Kier alpha value is -0.880. The van der Waals surface area contributed by atoms with E-state index in [4.69, 9.17) is 28.9 Å². The second-order valence-electron chi connectivity index (χ2n) is 2.19. The predicted molar refractivity (Wildman–Crippen MR) is 45.4 cm³/mol. The lowest BCUT2D eigenvalue weighted by molar-refractivity contribution is -0.274. The quantitative estimate of drug-likeness (QED) is 0.776. The number of nitrogens with two attached hydrogens (primary N) is 1. The van der Waals surface area contributed by atoms with E-state index in [2.05, 4.69) is 9.72 Å². The zero-order chi connectivity index (χ0) is 10.9. The van der Waals surface area contributed by atoms with Crippen LogP contribution in [0.2, 0.25) is 10.2 Å². The Morgan fingerprint density at radius 2 is 1.93 bits per heavy atom. The monoisotopic (exact) mass is 246 g/mol. The van der Waals surface area contributed by atoms with Crippen LogP contribution < -0.4 is 10.5 Å². The van der Waals surface area contributed by atoms with Gasteiger partial charge >= 0.3 is 6.36 Å². The lowest BCUT2D eigenvalue weighted by Crippen LogP contribution is -2.18. The Kier molecular flexibility index (Phi) is 2.96. The Morgan fingerprint density at radius 3 is 2.43 bits per heavy atom. The maximum atomic E-state index is 11.8. The summed E-state index contributed by atoms with van der Waals surface area (Å²) >= 11 is 10.8. The van der Waals surface area contributed by atoms with Crippen molar-refractivity contribution in [3.8, 4) is 5.75 Å². The van der Waals surface area contributed by atoms with Crippen LogP contribution in [0.15, 0.2) is 6.07 Å². The van der Waals surface area contributed by atoms with E-state index >= 15 is 0 Å². The molecule has 0 unspecified atom stereocenters. The average molecular weight is 247 g/mol. The topological polar surface area (TPSA) is 48.1 Å². The SMILES string of the molecule is Nc1nc(Cl)c(Cl)cc1OC(F)(F)F. The van der Waals surface area contributed by atoms with Crippen LogP contribution in [0.1, 0.15) is 0 Å². The second-order valence-corrected chi connectivity index (χ2v) is 2.96. The fourth-order valence-corrected chi connectivity index (χ4v) is 0.956. The maximum Gasteiger partial charge on any atom is 0.573 e. The van der Waals surface area contributed by atoms with Crippen molar-refractivity contribution in [1.29, 1.82) is 0 Å². The van der Waals surface area contributed by atoms with E-state index < -0.39 is 17.9 Å². The molecule has 2 N–H and O–H groups in total. The molecule has 0 aliphatic rings. The van der Waals surface area contributed by atoms with Crippen LogP contribution >= 0.6 is 23.2 Å². The smallest absolute Gasteiger partial charge is 0.402 e. The fraction of sp³-hybridized carbons (Fsp3) is 0.167. The van der Waals surface area contributed by atoms with Gasteiger partial charge in [0.1, 0.15) is 5.15 Å². The molecule has 0 fully saturated rings. The molecule has 0 spiro atoms. The molecule has 0 amide bonds. The molecule has 0 saturated carbocycles. The Labute approximate surface area is 86.6 Å². The third-order valence-electron chi connectivity index (χ3n) is 1.15. The van der Waals surface area contributed by atoms with Crippen molar-refractivity contribution in [1.82, 2.24) is 4.98 Å². The van der Waals surface area contributed by atoms with E-state index in [1.807, 2.05) is 0 Å². The van der Waals surface area contributed by atoms with Gasteiger partial charge < -0.3 is 10.5 Å². The van der Waals surface area contributed by atoms with Gasteiger partial charge in [-0.1, -0.05) is 23.2 Å². The molecule has 0 bridgehead atoms. The molecule has 14 heavy (non-hydrogen) atoms. The number of halogens is 5. The summed E-state index contributed by atoms with van der Waals surface area (Å²) in [7, 11) is 0. The minimum Gasteiger partial charge on any atom is -0.402 e. The van der Waals surface area contributed by atoms with Crippen LogP contribution in [0.3, 0.4) is 0 Å². The standard InChI is InChI=1S/C6H3Cl2F3N2O/c7-2-1-3(14-6(9,10)11)5(12)13-4(2)8/h1H,(H2,12,13). The molecule has 3 nitrogen and oxygen atoms in total. The minimum atomic E-state index is -4.84. The molecule has 8 heteroatoms. The van der Waals surface area contributed by atoms with Crippen LogP contribution in [0.5, 0.6) is 5.75 Å². The highest BCUT2D eigenvalue weighted by Crippen LogP contribution is 2.32. The van der Waals surface area contributed by atoms with Crippen LogP contribution in [-0.2, 0) is 0 Å². The van der Waals surface area contributed by atoms with Crippen molar-refractivity contribution in [2.45, 2.75) is 6.36 Å². The summed E-state index contributed by atoms with van der Waals surface area (Å²) in [6.45, 7) is 0. The van der Waals surface area contributed by atoms with Crippen molar-refractivity contribution >= 4 is 29.0 Å². The van der Waals surface area contributed by atoms with Gasteiger partial charge in [-0.15, -0.1) is 13.2 Å². The second kappa shape index (κ2) is 3.70.